The van der Waals surface area contributed by atoms with Crippen LogP contribution >= 0.6 is 0 Å². The molecule has 2 heterocycles. The average molecular weight is 378 g/mol. The van der Waals surface area contributed by atoms with Gasteiger partial charge in [0.25, 0.3) is 5.91 Å². The van der Waals surface area contributed by atoms with E-state index < -0.39 is 10.0 Å². The van der Waals surface area contributed by atoms with Crippen LogP contribution in [0, 0.1) is 0 Å². The van der Waals surface area contributed by atoms with Crippen molar-refractivity contribution < 1.29 is 17.9 Å². The molecule has 1 aliphatic rings. The van der Waals surface area contributed by atoms with E-state index in [1.54, 1.807) is 35.4 Å². The first-order valence-corrected chi connectivity index (χ1v) is 9.98. The van der Waals surface area contributed by atoms with Gasteiger partial charge in [-0.15, -0.1) is 0 Å². The third kappa shape index (κ3) is 4.90. The highest BCUT2D eigenvalue weighted by molar-refractivity contribution is 7.89. The molecule has 0 spiro atoms. The molecule has 26 heavy (non-hydrogen) atoms. The van der Waals surface area contributed by atoms with E-state index in [9.17, 15) is 13.2 Å². The minimum atomic E-state index is -3.69. The topological polar surface area (TPSA) is 102 Å². The Kier molecular flexibility index (Phi) is 6.02. The van der Waals surface area contributed by atoms with Gasteiger partial charge in [0, 0.05) is 44.2 Å². The van der Waals surface area contributed by atoms with Gasteiger partial charge in [0.15, 0.2) is 0 Å². The van der Waals surface area contributed by atoms with Gasteiger partial charge in [0.2, 0.25) is 10.0 Å². The summed E-state index contributed by atoms with van der Waals surface area (Å²) in [5.41, 5.74) is 0.306. The molecule has 0 unspecified atom stereocenters. The number of imidazole rings is 1. The molecule has 1 atom stereocenters. The zero-order valence-electron chi connectivity index (χ0n) is 14.3. The normalized spacial score (nSPS) is 17.3. The van der Waals surface area contributed by atoms with Crippen LogP contribution in [0.2, 0.25) is 0 Å². The van der Waals surface area contributed by atoms with Crippen molar-refractivity contribution >= 4 is 15.9 Å². The van der Waals surface area contributed by atoms with E-state index in [2.05, 4.69) is 15.0 Å². The Morgan fingerprint density at radius 2 is 2.27 bits per heavy atom. The second-order valence-electron chi connectivity index (χ2n) is 6.07. The Hall–Kier alpha value is -2.23. The van der Waals surface area contributed by atoms with Crippen molar-refractivity contribution in [3.05, 3.63) is 48.5 Å². The number of carbonyl (C=O) groups excluding carboxylic acids is 1. The van der Waals surface area contributed by atoms with Gasteiger partial charge in [0.1, 0.15) is 0 Å². The number of ether oxygens (including phenoxy) is 1. The molecule has 1 saturated heterocycles. The first-order valence-electron chi connectivity index (χ1n) is 8.50. The molecule has 1 aromatic heterocycles. The van der Waals surface area contributed by atoms with E-state index in [1.165, 1.54) is 12.1 Å². The van der Waals surface area contributed by atoms with E-state index in [1.807, 2.05) is 0 Å². The van der Waals surface area contributed by atoms with Gasteiger partial charge >= 0.3 is 0 Å². The lowest BCUT2D eigenvalue weighted by molar-refractivity contribution is 0.0857. The van der Waals surface area contributed by atoms with Crippen molar-refractivity contribution in [2.24, 2.45) is 0 Å². The Morgan fingerprint density at radius 1 is 1.38 bits per heavy atom. The average Bonchev–Trinajstić information content (AvgIpc) is 3.33. The Morgan fingerprint density at radius 3 is 3.00 bits per heavy atom. The molecule has 0 bridgehead atoms. The van der Waals surface area contributed by atoms with E-state index in [-0.39, 0.29) is 23.5 Å². The SMILES string of the molecule is O=C(NC[C@H]1CCCO1)c1cccc(S(=O)(=O)NCCn2ccnc2)c1. The fourth-order valence-electron chi connectivity index (χ4n) is 2.73. The summed E-state index contributed by atoms with van der Waals surface area (Å²) in [6, 6.07) is 6.00. The van der Waals surface area contributed by atoms with Crippen LogP contribution in [0.1, 0.15) is 23.2 Å². The number of carbonyl (C=O) groups is 1. The smallest absolute Gasteiger partial charge is 0.251 e. The maximum Gasteiger partial charge on any atom is 0.251 e. The zero-order chi connectivity index (χ0) is 18.4. The van der Waals surface area contributed by atoms with Crippen LogP contribution in [-0.4, -0.2) is 49.7 Å². The van der Waals surface area contributed by atoms with Crippen LogP contribution in [0.25, 0.3) is 0 Å². The van der Waals surface area contributed by atoms with Crippen molar-refractivity contribution in [2.45, 2.75) is 30.4 Å². The largest absolute Gasteiger partial charge is 0.376 e. The summed E-state index contributed by atoms with van der Waals surface area (Å²) in [6.45, 7) is 1.85. The number of benzene rings is 1. The molecule has 1 amide bonds. The summed E-state index contributed by atoms with van der Waals surface area (Å²) < 4.78 is 34.6. The summed E-state index contributed by atoms with van der Waals surface area (Å²) in [7, 11) is -3.69. The van der Waals surface area contributed by atoms with Crippen LogP contribution in [-0.2, 0) is 21.3 Å². The number of sulfonamides is 1. The predicted octanol–water partition coefficient (Wildman–Crippen LogP) is 0.770. The molecule has 1 aliphatic heterocycles. The van der Waals surface area contributed by atoms with Gasteiger partial charge in [-0.05, 0) is 31.0 Å². The van der Waals surface area contributed by atoms with Gasteiger partial charge in [-0.25, -0.2) is 18.1 Å². The maximum absolute atomic E-state index is 12.4. The third-order valence-corrected chi connectivity index (χ3v) is 5.60. The number of amides is 1. The number of hydrogen-bond donors (Lipinski definition) is 2. The number of aromatic nitrogens is 2. The first kappa shape index (κ1) is 18.6. The number of rotatable bonds is 8. The fraction of sp³-hybridized carbons (Fsp3) is 0.412. The van der Waals surface area contributed by atoms with Gasteiger partial charge in [0.05, 0.1) is 17.3 Å². The molecule has 0 radical (unpaired) electrons. The number of nitrogens with one attached hydrogen (secondary N) is 2. The van der Waals surface area contributed by atoms with Crippen molar-refractivity contribution in [3.63, 3.8) is 0 Å². The lowest BCUT2D eigenvalue weighted by Gasteiger charge is -2.12. The molecule has 0 saturated carbocycles. The number of hydrogen-bond acceptors (Lipinski definition) is 5. The van der Waals surface area contributed by atoms with Crippen molar-refractivity contribution in [1.29, 1.82) is 0 Å². The summed E-state index contributed by atoms with van der Waals surface area (Å²) in [6.07, 6.45) is 6.97. The van der Waals surface area contributed by atoms with Crippen molar-refractivity contribution in [2.75, 3.05) is 19.7 Å². The Bertz CT molecular complexity index is 830. The molecule has 2 N–H and O–H groups in total. The molecule has 1 aromatic carbocycles. The minimum absolute atomic E-state index is 0.0377. The highest BCUT2D eigenvalue weighted by Crippen LogP contribution is 2.13. The third-order valence-electron chi connectivity index (χ3n) is 4.14. The molecule has 3 rings (SSSR count). The van der Waals surface area contributed by atoms with Crippen LogP contribution in [0.4, 0.5) is 0 Å². The van der Waals surface area contributed by atoms with Crippen molar-refractivity contribution in [1.82, 2.24) is 19.6 Å². The summed E-state index contributed by atoms with van der Waals surface area (Å²) in [5.74, 6) is -0.309. The van der Waals surface area contributed by atoms with Crippen LogP contribution in [0.15, 0.2) is 47.9 Å². The van der Waals surface area contributed by atoms with E-state index in [0.29, 0.717) is 18.7 Å². The van der Waals surface area contributed by atoms with Gasteiger partial charge < -0.3 is 14.6 Å². The minimum Gasteiger partial charge on any atom is -0.376 e. The quantitative estimate of drug-likeness (QED) is 0.706. The van der Waals surface area contributed by atoms with Crippen LogP contribution in [0.3, 0.4) is 0 Å². The zero-order valence-corrected chi connectivity index (χ0v) is 15.1. The highest BCUT2D eigenvalue weighted by atomic mass is 32.2. The monoisotopic (exact) mass is 378 g/mol. The second-order valence-corrected chi connectivity index (χ2v) is 7.84. The van der Waals surface area contributed by atoms with E-state index in [0.717, 1.165) is 19.4 Å². The molecule has 1 fully saturated rings. The van der Waals surface area contributed by atoms with Gasteiger partial charge in [-0.3, -0.25) is 4.79 Å². The second kappa shape index (κ2) is 8.43. The fourth-order valence-corrected chi connectivity index (χ4v) is 3.80. The predicted molar refractivity (Wildman–Crippen MR) is 95.2 cm³/mol. The summed E-state index contributed by atoms with van der Waals surface area (Å²) in [5, 5.41) is 2.79. The maximum atomic E-state index is 12.4. The standard InChI is InChI=1S/C17H22N4O4S/c22-17(19-12-15-4-2-10-25-15)14-3-1-5-16(11-14)26(23,24)20-7-9-21-8-6-18-13-21/h1,3,5-6,8,11,13,15,20H,2,4,7,9-10,12H2,(H,19,22)/t15-/m1/s1. The molecule has 9 heteroatoms. The van der Waals surface area contributed by atoms with E-state index >= 15 is 0 Å². The lowest BCUT2D eigenvalue weighted by Crippen LogP contribution is -2.32. The van der Waals surface area contributed by atoms with Crippen LogP contribution < -0.4 is 10.0 Å². The van der Waals surface area contributed by atoms with E-state index in [4.69, 9.17) is 4.74 Å². The lowest BCUT2D eigenvalue weighted by atomic mass is 10.2. The summed E-state index contributed by atoms with van der Waals surface area (Å²) in [4.78, 5) is 16.2. The van der Waals surface area contributed by atoms with Crippen LogP contribution in [0.5, 0.6) is 0 Å². The summed E-state index contributed by atoms with van der Waals surface area (Å²) >= 11 is 0. The first-order chi connectivity index (χ1) is 12.5. The molecule has 8 nitrogen and oxygen atoms in total. The molecular weight excluding hydrogens is 356 g/mol. The van der Waals surface area contributed by atoms with Gasteiger partial charge in [-0.1, -0.05) is 6.07 Å². The molecule has 2 aromatic rings. The van der Waals surface area contributed by atoms with Gasteiger partial charge in [-0.2, -0.15) is 0 Å². The Labute approximate surface area is 152 Å². The molecule has 0 aliphatic carbocycles. The number of nitrogens with zero attached hydrogens (tertiary/aromatic N) is 2. The van der Waals surface area contributed by atoms with Crippen molar-refractivity contribution in [3.8, 4) is 0 Å². The molecular formula is C17H22N4O4S. The Balaban J connectivity index is 1.58. The highest BCUT2D eigenvalue weighted by Gasteiger charge is 2.18. The molecule has 140 valence electrons.